The Morgan fingerprint density at radius 2 is 1.33 bits per heavy atom. The van der Waals surface area contributed by atoms with Gasteiger partial charge in [-0.1, -0.05) is 72.8 Å². The Morgan fingerprint density at radius 3 is 2.27 bits per heavy atom. The standard InChI is InChI=1S/C46H30N2OS3/c1-5-13-37-31(9-1)36-25-29(22-24-38(36)49-37)47(30-21-23-33-32-10-2-6-14-39(32)50-42(33)26-30)27-17-19-28(20-18-27)48-43-34-11-3-7-15-40(34)51-45(43)46-44(48)35-12-4-8-16-41(35)52-46/h1-3,5-7,9-26,43,45H,4,8H2. The van der Waals surface area contributed by atoms with Crippen LogP contribution in [0.4, 0.5) is 28.4 Å². The van der Waals surface area contributed by atoms with Crippen LogP contribution in [0.1, 0.15) is 34.6 Å². The third kappa shape index (κ3) is 4.20. The minimum absolute atomic E-state index is 0.289. The van der Waals surface area contributed by atoms with Gasteiger partial charge in [0.25, 0.3) is 0 Å². The zero-order valence-corrected chi connectivity index (χ0v) is 30.4. The summed E-state index contributed by atoms with van der Waals surface area (Å²) in [5, 5.41) is 6.72. The second kappa shape index (κ2) is 11.1. The summed E-state index contributed by atoms with van der Waals surface area (Å²) in [6.45, 7) is 0. The number of furan rings is 1. The molecular weight excluding hydrogens is 693 g/mol. The molecule has 12 rings (SSSR count). The molecule has 1 aliphatic carbocycles. The van der Waals surface area contributed by atoms with Gasteiger partial charge < -0.3 is 14.2 Å². The predicted octanol–water partition coefficient (Wildman–Crippen LogP) is 12.9. The molecule has 3 nitrogen and oxygen atoms in total. The zero-order valence-electron chi connectivity index (χ0n) is 28.0. The predicted molar refractivity (Wildman–Crippen MR) is 223 cm³/mol. The molecule has 248 valence electrons. The molecule has 2 aliphatic heterocycles. The second-order valence-electron chi connectivity index (χ2n) is 13.9. The van der Waals surface area contributed by atoms with Gasteiger partial charge in [-0.25, -0.2) is 0 Å². The Labute approximate surface area is 312 Å². The average Bonchev–Trinajstić information content (AvgIpc) is 4.00. The first-order valence-electron chi connectivity index (χ1n) is 17.9. The molecule has 0 fully saturated rings. The van der Waals surface area contributed by atoms with Crippen molar-refractivity contribution in [2.24, 2.45) is 0 Å². The number of fused-ring (bicyclic) bond motifs is 13. The van der Waals surface area contributed by atoms with Gasteiger partial charge in [0.05, 0.1) is 17.0 Å². The van der Waals surface area contributed by atoms with Gasteiger partial charge in [0.15, 0.2) is 0 Å². The summed E-state index contributed by atoms with van der Waals surface area (Å²) in [5.41, 5.74) is 9.29. The van der Waals surface area contributed by atoms with Crippen LogP contribution in [0.25, 0.3) is 54.3 Å². The highest BCUT2D eigenvalue weighted by atomic mass is 32.2. The molecule has 2 unspecified atom stereocenters. The lowest BCUT2D eigenvalue weighted by atomic mass is 10.0. The maximum atomic E-state index is 6.26. The molecule has 0 radical (unpaired) electrons. The van der Waals surface area contributed by atoms with E-state index in [4.69, 9.17) is 4.42 Å². The van der Waals surface area contributed by atoms with Gasteiger partial charge >= 0.3 is 0 Å². The van der Waals surface area contributed by atoms with Crippen LogP contribution in [0.15, 0.2) is 143 Å². The van der Waals surface area contributed by atoms with Crippen molar-refractivity contribution in [2.75, 3.05) is 9.80 Å². The van der Waals surface area contributed by atoms with Crippen LogP contribution in [0.3, 0.4) is 0 Å². The number of benzene rings is 6. The van der Waals surface area contributed by atoms with Crippen molar-refractivity contribution in [3.05, 3.63) is 154 Å². The molecule has 52 heavy (non-hydrogen) atoms. The fraction of sp³-hybridized carbons (Fsp3) is 0.0870. The van der Waals surface area contributed by atoms with E-state index in [1.54, 1.807) is 0 Å². The molecule has 0 spiro atoms. The molecule has 3 aliphatic rings. The van der Waals surface area contributed by atoms with Crippen molar-refractivity contribution in [1.82, 2.24) is 0 Å². The highest BCUT2D eigenvalue weighted by Crippen LogP contribution is 2.64. The summed E-state index contributed by atoms with van der Waals surface area (Å²) in [4.78, 5) is 8.00. The van der Waals surface area contributed by atoms with Gasteiger partial charge in [-0.2, -0.15) is 0 Å². The summed E-state index contributed by atoms with van der Waals surface area (Å²) in [7, 11) is 0. The normalized spacial score (nSPS) is 17.3. The third-order valence-electron chi connectivity index (χ3n) is 11.0. The van der Waals surface area contributed by atoms with E-state index in [1.807, 2.05) is 40.5 Å². The number of thiophene rings is 2. The lowest BCUT2D eigenvalue weighted by Crippen LogP contribution is -2.29. The number of thioether (sulfide) groups is 1. The minimum Gasteiger partial charge on any atom is -0.456 e. The van der Waals surface area contributed by atoms with Crippen LogP contribution in [0, 0.1) is 0 Å². The summed E-state index contributed by atoms with van der Waals surface area (Å²) in [5.74, 6) is 0. The van der Waals surface area contributed by atoms with E-state index < -0.39 is 0 Å². The maximum absolute atomic E-state index is 6.26. The molecule has 5 heterocycles. The Bertz CT molecular complexity index is 3040. The average molecular weight is 723 g/mol. The molecule has 0 saturated heterocycles. The highest BCUT2D eigenvalue weighted by Gasteiger charge is 2.48. The third-order valence-corrected chi connectivity index (χ3v) is 14.9. The topological polar surface area (TPSA) is 19.6 Å². The summed E-state index contributed by atoms with van der Waals surface area (Å²) < 4.78 is 10.3. The quantitative estimate of drug-likeness (QED) is 0.180. The van der Waals surface area contributed by atoms with Gasteiger partial charge in [-0.15, -0.1) is 34.4 Å². The Balaban J connectivity index is 1.03. The van der Waals surface area contributed by atoms with Crippen molar-refractivity contribution in [1.29, 1.82) is 0 Å². The first kappa shape index (κ1) is 29.3. The van der Waals surface area contributed by atoms with Crippen LogP contribution in [0.5, 0.6) is 0 Å². The van der Waals surface area contributed by atoms with Gasteiger partial charge in [0.2, 0.25) is 0 Å². The van der Waals surface area contributed by atoms with E-state index in [0.29, 0.717) is 5.25 Å². The lowest BCUT2D eigenvalue weighted by molar-refractivity contribution is 0.669. The Hall–Kier alpha value is -5.27. The first-order valence-corrected chi connectivity index (χ1v) is 20.4. The molecular formula is C46H30N2OS3. The van der Waals surface area contributed by atoms with Gasteiger partial charge in [0, 0.05) is 73.2 Å². The lowest BCUT2D eigenvalue weighted by Gasteiger charge is -2.30. The fourth-order valence-corrected chi connectivity index (χ4v) is 12.8. The molecule has 6 aromatic carbocycles. The molecule has 2 atom stereocenters. The molecule has 0 saturated carbocycles. The van der Waals surface area contributed by atoms with Crippen molar-refractivity contribution in [3.63, 3.8) is 0 Å². The number of para-hydroxylation sites is 1. The molecule has 3 aromatic heterocycles. The summed E-state index contributed by atoms with van der Waals surface area (Å²) >= 11 is 5.92. The van der Waals surface area contributed by atoms with Crippen LogP contribution >= 0.6 is 34.4 Å². The maximum Gasteiger partial charge on any atom is 0.135 e. The van der Waals surface area contributed by atoms with Crippen LogP contribution < -0.4 is 19.6 Å². The van der Waals surface area contributed by atoms with E-state index in [-0.39, 0.29) is 6.04 Å². The molecule has 0 N–H and O–H groups in total. The van der Waals surface area contributed by atoms with Crippen molar-refractivity contribution >= 4 is 117 Å². The van der Waals surface area contributed by atoms with Crippen molar-refractivity contribution in [3.8, 4) is 0 Å². The summed E-state index contributed by atoms with van der Waals surface area (Å²) in [6.07, 6.45) is 7.17. The number of nitrogens with zero attached hydrogens (tertiary/aromatic N) is 2. The first-order chi connectivity index (χ1) is 25.8. The van der Waals surface area contributed by atoms with Crippen LogP contribution in [0.2, 0.25) is 0 Å². The largest absolute Gasteiger partial charge is 0.456 e. The van der Waals surface area contributed by atoms with E-state index in [2.05, 4.69) is 149 Å². The van der Waals surface area contributed by atoms with Crippen LogP contribution in [-0.2, 0) is 0 Å². The molecule has 0 amide bonds. The minimum atomic E-state index is 0.289. The van der Waals surface area contributed by atoms with Crippen molar-refractivity contribution in [2.45, 2.75) is 29.0 Å². The number of hydrogen-bond donors (Lipinski definition) is 0. The van der Waals surface area contributed by atoms with Crippen molar-refractivity contribution < 1.29 is 4.42 Å². The van der Waals surface area contributed by atoms with E-state index in [9.17, 15) is 0 Å². The highest BCUT2D eigenvalue weighted by molar-refractivity contribution is 8.00. The summed E-state index contributed by atoms with van der Waals surface area (Å²) in [6, 6.07) is 49.3. The van der Waals surface area contributed by atoms with E-state index in [1.165, 1.54) is 56.6 Å². The van der Waals surface area contributed by atoms with E-state index >= 15 is 0 Å². The number of rotatable bonds is 4. The molecule has 0 bridgehead atoms. The number of anilines is 5. The van der Waals surface area contributed by atoms with Gasteiger partial charge in [0.1, 0.15) is 11.2 Å². The second-order valence-corrected chi connectivity index (χ2v) is 17.2. The monoisotopic (exact) mass is 722 g/mol. The van der Waals surface area contributed by atoms with E-state index in [0.717, 1.165) is 51.8 Å². The SMILES string of the molecule is C1=c2sc3c(c2=CCC1)N(c1ccc(N(c2ccc4c(c2)sc2ccccc24)c2ccc4oc5ccccc5c4c2)cc1)C1c2ccccc2SC31. The molecule has 9 aromatic rings. The smallest absolute Gasteiger partial charge is 0.135 e. The fourth-order valence-electron chi connectivity index (χ4n) is 8.72. The number of hydrogen-bond acceptors (Lipinski definition) is 6. The Morgan fingerprint density at radius 1 is 0.596 bits per heavy atom. The Kier molecular flexibility index (Phi) is 6.27. The van der Waals surface area contributed by atoms with Gasteiger partial charge in [-0.3, -0.25) is 0 Å². The molecule has 6 heteroatoms. The zero-order chi connectivity index (χ0) is 33.9. The van der Waals surface area contributed by atoms with Crippen LogP contribution in [-0.4, -0.2) is 0 Å². The van der Waals surface area contributed by atoms with Gasteiger partial charge in [-0.05, 0) is 91.2 Å².